The molecule has 0 spiro atoms. The monoisotopic (exact) mass is 653 g/mol. The van der Waals surface area contributed by atoms with Gasteiger partial charge in [0.05, 0.1) is 7.49 Å². The highest BCUT2D eigenvalue weighted by Gasteiger charge is 2.27. The predicted molar refractivity (Wildman–Crippen MR) is 113 cm³/mol. The number of benzene rings is 1. The SMILES string of the molecule is N[C@@H](CC1=CC(I)C(Oc2ccc(O)c(I)c2)C(I)=C1)C(=O)O. The van der Waals surface area contributed by atoms with Gasteiger partial charge < -0.3 is 20.7 Å². The smallest absolute Gasteiger partial charge is 0.320 e. The number of hydrogen-bond acceptors (Lipinski definition) is 4. The van der Waals surface area contributed by atoms with E-state index in [0.29, 0.717) is 12.2 Å². The quantitative estimate of drug-likeness (QED) is 0.334. The van der Waals surface area contributed by atoms with Gasteiger partial charge in [0, 0.05) is 3.58 Å². The third-order valence-corrected chi connectivity index (χ3v) is 6.01. The molecule has 0 aromatic heterocycles. The second-order valence-electron chi connectivity index (χ2n) is 5.02. The molecule has 1 aliphatic carbocycles. The van der Waals surface area contributed by atoms with Gasteiger partial charge in [-0.1, -0.05) is 28.7 Å². The van der Waals surface area contributed by atoms with E-state index < -0.39 is 12.0 Å². The molecule has 124 valence electrons. The number of carboxylic acid groups (broad SMARTS) is 1. The van der Waals surface area contributed by atoms with E-state index in [4.69, 9.17) is 15.6 Å². The van der Waals surface area contributed by atoms with Gasteiger partial charge in [0.2, 0.25) is 0 Å². The maximum atomic E-state index is 10.9. The highest BCUT2D eigenvalue weighted by molar-refractivity contribution is 14.1. The molecule has 1 aromatic carbocycles. The summed E-state index contributed by atoms with van der Waals surface area (Å²) in [5.74, 6) is -0.0976. The van der Waals surface area contributed by atoms with Crippen molar-refractivity contribution in [3.63, 3.8) is 0 Å². The lowest BCUT2D eigenvalue weighted by Crippen LogP contribution is -2.33. The molecule has 0 bridgehead atoms. The second kappa shape index (κ2) is 8.34. The van der Waals surface area contributed by atoms with Crippen LogP contribution in [0.25, 0.3) is 0 Å². The number of aromatic hydroxyl groups is 1. The summed E-state index contributed by atoms with van der Waals surface area (Å²) in [6.45, 7) is 0. The van der Waals surface area contributed by atoms with Crippen LogP contribution in [-0.2, 0) is 4.79 Å². The Morgan fingerprint density at radius 2 is 2.09 bits per heavy atom. The predicted octanol–water partition coefficient (Wildman–Crippen LogP) is 3.61. The fourth-order valence-electron chi connectivity index (χ4n) is 2.05. The van der Waals surface area contributed by atoms with Gasteiger partial charge in [0.1, 0.15) is 23.6 Å². The molecule has 3 atom stereocenters. The summed E-state index contributed by atoms with van der Waals surface area (Å²) in [7, 11) is 0. The number of aliphatic carboxylic acids is 1. The molecular weight excluding hydrogens is 639 g/mol. The van der Waals surface area contributed by atoms with E-state index in [2.05, 4.69) is 45.2 Å². The summed E-state index contributed by atoms with van der Waals surface area (Å²) < 4.78 is 7.80. The Bertz CT molecular complexity index is 675. The Labute approximate surface area is 174 Å². The van der Waals surface area contributed by atoms with Crippen molar-refractivity contribution in [2.75, 3.05) is 0 Å². The number of phenolic OH excluding ortho intramolecular Hbond substituents is 1. The first-order valence-electron chi connectivity index (χ1n) is 6.63. The Morgan fingerprint density at radius 1 is 1.39 bits per heavy atom. The van der Waals surface area contributed by atoms with Crippen molar-refractivity contribution in [3.8, 4) is 11.5 Å². The van der Waals surface area contributed by atoms with Crippen LogP contribution >= 0.6 is 67.8 Å². The second-order valence-corrected chi connectivity index (χ2v) is 8.86. The van der Waals surface area contributed by atoms with E-state index in [1.807, 2.05) is 34.7 Å². The van der Waals surface area contributed by atoms with Crippen molar-refractivity contribution >= 4 is 73.7 Å². The molecule has 4 N–H and O–H groups in total. The van der Waals surface area contributed by atoms with E-state index in [0.717, 1.165) is 12.7 Å². The minimum atomic E-state index is -1.00. The molecule has 2 rings (SSSR count). The van der Waals surface area contributed by atoms with Gasteiger partial charge in [-0.25, -0.2) is 0 Å². The number of phenols is 1. The Hall–Kier alpha value is -0.0800. The maximum absolute atomic E-state index is 10.9. The molecule has 0 aliphatic heterocycles. The summed E-state index contributed by atoms with van der Waals surface area (Å²) in [5.41, 5.74) is 6.50. The molecular formula is C15H14I3NO4. The van der Waals surface area contributed by atoms with Gasteiger partial charge in [-0.3, -0.25) is 4.79 Å². The van der Waals surface area contributed by atoms with E-state index in [9.17, 15) is 9.90 Å². The number of halogens is 3. The van der Waals surface area contributed by atoms with Crippen LogP contribution in [0.4, 0.5) is 0 Å². The molecule has 0 saturated heterocycles. The molecule has 0 heterocycles. The van der Waals surface area contributed by atoms with Gasteiger partial charge in [0.25, 0.3) is 0 Å². The number of ether oxygens (including phenoxy) is 1. The molecule has 1 aliphatic rings. The Morgan fingerprint density at radius 3 is 2.65 bits per heavy atom. The first kappa shape index (κ1) is 19.2. The number of nitrogens with two attached hydrogens (primary N) is 1. The molecule has 8 heteroatoms. The summed E-state index contributed by atoms with van der Waals surface area (Å²) in [6, 6.07) is 4.21. The number of alkyl halides is 1. The van der Waals surface area contributed by atoms with Gasteiger partial charge in [-0.2, -0.15) is 0 Å². The first-order chi connectivity index (χ1) is 10.8. The summed E-state index contributed by atoms with van der Waals surface area (Å²) in [6.07, 6.45) is 4.06. The number of hydrogen-bond donors (Lipinski definition) is 3. The lowest BCUT2D eigenvalue weighted by Gasteiger charge is -2.27. The number of carbonyl (C=O) groups is 1. The van der Waals surface area contributed by atoms with Crippen LogP contribution in [0.1, 0.15) is 6.42 Å². The van der Waals surface area contributed by atoms with Crippen molar-refractivity contribution in [3.05, 3.63) is 43.1 Å². The van der Waals surface area contributed by atoms with Crippen LogP contribution < -0.4 is 10.5 Å². The molecule has 0 radical (unpaired) electrons. The van der Waals surface area contributed by atoms with Crippen LogP contribution in [0.5, 0.6) is 11.5 Å². The zero-order valence-corrected chi connectivity index (χ0v) is 18.2. The summed E-state index contributed by atoms with van der Waals surface area (Å²) in [4.78, 5) is 10.9. The van der Waals surface area contributed by atoms with E-state index in [1.165, 1.54) is 0 Å². The van der Waals surface area contributed by atoms with Crippen molar-refractivity contribution in [1.29, 1.82) is 0 Å². The molecule has 0 amide bonds. The minimum absolute atomic E-state index is 0.0620. The first-order valence-corrected chi connectivity index (χ1v) is 10.0. The topological polar surface area (TPSA) is 92.8 Å². The molecule has 5 nitrogen and oxygen atoms in total. The average Bonchev–Trinajstić information content (AvgIpc) is 2.46. The number of carboxylic acids is 1. The molecule has 0 saturated carbocycles. The largest absolute Gasteiger partial charge is 0.507 e. The fraction of sp³-hybridized carbons (Fsp3) is 0.267. The standard InChI is InChI=1S/C15H14I3NO4/c16-9-6-8(1-2-13(9)20)23-14-10(17)3-7(4-11(14)18)5-12(19)15(21)22/h1-4,6,10,12,14,20H,5,19H2,(H,21,22)/t10?,12-,14?/m0/s1. The maximum Gasteiger partial charge on any atom is 0.320 e. The van der Waals surface area contributed by atoms with Crippen LogP contribution in [0.2, 0.25) is 0 Å². The van der Waals surface area contributed by atoms with Crippen molar-refractivity contribution < 1.29 is 19.7 Å². The van der Waals surface area contributed by atoms with Gasteiger partial charge >= 0.3 is 5.97 Å². The van der Waals surface area contributed by atoms with Gasteiger partial charge in [0.15, 0.2) is 0 Å². The zero-order valence-electron chi connectivity index (χ0n) is 11.7. The number of rotatable bonds is 5. The van der Waals surface area contributed by atoms with Crippen LogP contribution in [0, 0.1) is 3.57 Å². The van der Waals surface area contributed by atoms with Crippen LogP contribution in [0.15, 0.2) is 39.5 Å². The third-order valence-electron chi connectivity index (χ3n) is 3.21. The van der Waals surface area contributed by atoms with Crippen LogP contribution in [-0.4, -0.2) is 32.3 Å². The Kier molecular flexibility index (Phi) is 6.98. The zero-order chi connectivity index (χ0) is 17.1. The van der Waals surface area contributed by atoms with E-state index in [-0.39, 0.29) is 15.8 Å². The van der Waals surface area contributed by atoms with E-state index in [1.54, 1.807) is 18.2 Å². The lowest BCUT2D eigenvalue weighted by molar-refractivity contribution is -0.138. The third kappa shape index (κ3) is 5.19. The van der Waals surface area contributed by atoms with Crippen molar-refractivity contribution in [1.82, 2.24) is 0 Å². The molecule has 2 unspecified atom stereocenters. The fourth-order valence-corrected chi connectivity index (χ4v) is 5.13. The molecule has 0 fully saturated rings. The average molecular weight is 653 g/mol. The summed E-state index contributed by atoms with van der Waals surface area (Å²) in [5, 5.41) is 18.5. The molecule has 23 heavy (non-hydrogen) atoms. The lowest BCUT2D eigenvalue weighted by atomic mass is 9.99. The highest BCUT2D eigenvalue weighted by Crippen LogP contribution is 2.34. The number of allylic oxidation sites excluding steroid dienone is 1. The summed E-state index contributed by atoms with van der Waals surface area (Å²) >= 11 is 6.52. The van der Waals surface area contributed by atoms with Crippen molar-refractivity contribution in [2.45, 2.75) is 22.5 Å². The highest BCUT2D eigenvalue weighted by atomic mass is 127. The van der Waals surface area contributed by atoms with Crippen LogP contribution in [0.3, 0.4) is 0 Å². The Balaban J connectivity index is 2.11. The normalized spacial score (nSPS) is 22.1. The minimum Gasteiger partial charge on any atom is -0.507 e. The van der Waals surface area contributed by atoms with Gasteiger partial charge in [-0.05, 0) is 81.5 Å². The molecule has 1 aromatic rings. The van der Waals surface area contributed by atoms with E-state index >= 15 is 0 Å². The van der Waals surface area contributed by atoms with Gasteiger partial charge in [-0.15, -0.1) is 0 Å². The van der Waals surface area contributed by atoms with Crippen molar-refractivity contribution in [2.24, 2.45) is 5.73 Å².